The van der Waals surface area contributed by atoms with Crippen LogP contribution in [-0.4, -0.2) is 44.4 Å². The standard InChI is InChI=1S/C17H24FN3O3S.ClH/c18-16-11-14(7-8-15(16)17(22)21-9-1-2-10-21)25(23,24)20-13-5-3-12(19)4-6-13;/h7-8,11-13,20H,1-6,9-10,19H2;1H. The highest BCUT2D eigenvalue weighted by atomic mass is 35.5. The molecule has 1 aliphatic heterocycles. The van der Waals surface area contributed by atoms with Crippen molar-refractivity contribution in [2.75, 3.05) is 13.1 Å². The number of likely N-dealkylation sites (tertiary alicyclic amines) is 1. The Kier molecular flexibility index (Phi) is 7.01. The zero-order valence-electron chi connectivity index (χ0n) is 14.5. The van der Waals surface area contributed by atoms with Crippen LogP contribution in [0.15, 0.2) is 23.1 Å². The minimum absolute atomic E-state index is 0. The molecule has 1 aliphatic carbocycles. The van der Waals surface area contributed by atoms with E-state index in [0.717, 1.165) is 31.7 Å². The molecule has 1 aromatic rings. The van der Waals surface area contributed by atoms with Crippen molar-refractivity contribution in [3.63, 3.8) is 0 Å². The minimum Gasteiger partial charge on any atom is -0.339 e. The van der Waals surface area contributed by atoms with E-state index in [9.17, 15) is 17.6 Å². The fraction of sp³-hybridized carbons (Fsp3) is 0.588. The molecule has 3 rings (SSSR count). The number of hydrogen-bond donors (Lipinski definition) is 2. The SMILES string of the molecule is Cl.NC1CCC(NS(=O)(=O)c2ccc(C(=O)N3CCCC3)c(F)c2)CC1. The van der Waals surface area contributed by atoms with Gasteiger partial charge in [0.05, 0.1) is 10.5 Å². The second kappa shape index (κ2) is 8.65. The molecular formula is C17H25ClFN3O3S. The van der Waals surface area contributed by atoms with Crippen molar-refractivity contribution in [2.24, 2.45) is 5.73 Å². The van der Waals surface area contributed by atoms with Gasteiger partial charge in [0.15, 0.2) is 0 Å². The van der Waals surface area contributed by atoms with Gasteiger partial charge in [-0.15, -0.1) is 12.4 Å². The van der Waals surface area contributed by atoms with Crippen molar-refractivity contribution < 1.29 is 17.6 Å². The maximum Gasteiger partial charge on any atom is 0.256 e. The van der Waals surface area contributed by atoms with E-state index in [4.69, 9.17) is 5.73 Å². The summed E-state index contributed by atoms with van der Waals surface area (Å²) in [6, 6.07) is 3.43. The monoisotopic (exact) mass is 405 g/mol. The molecule has 1 amide bonds. The first-order valence-corrected chi connectivity index (χ1v) is 10.2. The molecule has 1 saturated carbocycles. The van der Waals surface area contributed by atoms with E-state index in [-0.39, 0.29) is 40.9 Å². The fourth-order valence-electron chi connectivity index (χ4n) is 3.45. The normalized spacial score (nSPS) is 23.5. The van der Waals surface area contributed by atoms with Crippen molar-refractivity contribution >= 4 is 28.3 Å². The third kappa shape index (κ3) is 4.73. The van der Waals surface area contributed by atoms with Crippen LogP contribution in [-0.2, 0) is 10.0 Å². The van der Waals surface area contributed by atoms with E-state index >= 15 is 0 Å². The maximum absolute atomic E-state index is 14.4. The highest BCUT2D eigenvalue weighted by Crippen LogP contribution is 2.22. The summed E-state index contributed by atoms with van der Waals surface area (Å²) in [5.41, 5.74) is 5.75. The van der Waals surface area contributed by atoms with Crippen LogP contribution in [0.1, 0.15) is 48.9 Å². The van der Waals surface area contributed by atoms with Gasteiger partial charge in [-0.05, 0) is 56.7 Å². The van der Waals surface area contributed by atoms with Gasteiger partial charge < -0.3 is 10.6 Å². The molecule has 2 fully saturated rings. The molecule has 6 nitrogen and oxygen atoms in total. The molecule has 1 heterocycles. The van der Waals surface area contributed by atoms with Crippen LogP contribution >= 0.6 is 12.4 Å². The van der Waals surface area contributed by atoms with Gasteiger partial charge in [-0.25, -0.2) is 17.5 Å². The number of hydrogen-bond acceptors (Lipinski definition) is 4. The van der Waals surface area contributed by atoms with E-state index in [1.54, 1.807) is 4.90 Å². The van der Waals surface area contributed by atoms with Crippen LogP contribution in [0.5, 0.6) is 0 Å². The fourth-order valence-corrected chi connectivity index (χ4v) is 4.77. The third-order valence-corrected chi connectivity index (χ3v) is 6.49. The number of amides is 1. The van der Waals surface area contributed by atoms with Gasteiger partial charge >= 0.3 is 0 Å². The minimum atomic E-state index is -3.82. The van der Waals surface area contributed by atoms with E-state index in [0.29, 0.717) is 25.9 Å². The molecule has 9 heteroatoms. The Hall–Kier alpha value is -1.22. The van der Waals surface area contributed by atoms with Gasteiger partial charge in [0.2, 0.25) is 10.0 Å². The van der Waals surface area contributed by atoms with Crippen molar-refractivity contribution in [2.45, 2.75) is 55.5 Å². The number of rotatable bonds is 4. The van der Waals surface area contributed by atoms with E-state index in [2.05, 4.69) is 4.72 Å². The first-order valence-electron chi connectivity index (χ1n) is 8.73. The Balaban J connectivity index is 0.00000243. The topological polar surface area (TPSA) is 92.5 Å². The third-order valence-electron chi connectivity index (χ3n) is 4.97. The first-order chi connectivity index (χ1) is 11.9. The average Bonchev–Trinajstić information content (AvgIpc) is 3.10. The van der Waals surface area contributed by atoms with Gasteiger partial charge in [-0.3, -0.25) is 4.79 Å². The van der Waals surface area contributed by atoms with Gasteiger partial charge in [-0.1, -0.05) is 0 Å². The van der Waals surface area contributed by atoms with Crippen LogP contribution in [0.3, 0.4) is 0 Å². The second-order valence-corrected chi connectivity index (χ2v) is 8.59. The summed E-state index contributed by atoms with van der Waals surface area (Å²) in [7, 11) is -3.82. The van der Waals surface area contributed by atoms with Crippen molar-refractivity contribution in [1.82, 2.24) is 9.62 Å². The number of benzene rings is 1. The zero-order valence-corrected chi connectivity index (χ0v) is 16.1. The van der Waals surface area contributed by atoms with Crippen molar-refractivity contribution in [1.29, 1.82) is 0 Å². The van der Waals surface area contributed by atoms with Crippen LogP contribution < -0.4 is 10.5 Å². The lowest BCUT2D eigenvalue weighted by atomic mass is 9.93. The maximum atomic E-state index is 14.4. The molecule has 0 aromatic heterocycles. The van der Waals surface area contributed by atoms with Gasteiger partial charge in [0.25, 0.3) is 5.91 Å². The molecule has 26 heavy (non-hydrogen) atoms. The Bertz CT molecular complexity index is 746. The number of halogens is 2. The van der Waals surface area contributed by atoms with E-state index < -0.39 is 15.8 Å². The number of nitrogens with zero attached hydrogens (tertiary/aromatic N) is 1. The predicted molar refractivity (Wildman–Crippen MR) is 99.3 cm³/mol. The Labute approximate surface area is 159 Å². The van der Waals surface area contributed by atoms with Crippen LogP contribution in [0.4, 0.5) is 4.39 Å². The molecule has 1 saturated heterocycles. The summed E-state index contributed by atoms with van der Waals surface area (Å²) in [6.45, 7) is 1.23. The molecule has 2 aliphatic rings. The predicted octanol–water partition coefficient (Wildman–Crippen LogP) is 2.03. The van der Waals surface area contributed by atoms with E-state index in [1.807, 2.05) is 0 Å². The largest absolute Gasteiger partial charge is 0.339 e. The van der Waals surface area contributed by atoms with Crippen LogP contribution in [0, 0.1) is 5.82 Å². The van der Waals surface area contributed by atoms with Crippen LogP contribution in [0.2, 0.25) is 0 Å². The molecule has 0 unspecified atom stereocenters. The van der Waals surface area contributed by atoms with Gasteiger partial charge in [-0.2, -0.15) is 0 Å². The van der Waals surface area contributed by atoms with Crippen molar-refractivity contribution in [3.8, 4) is 0 Å². The average molecular weight is 406 g/mol. The summed E-state index contributed by atoms with van der Waals surface area (Å²) in [5, 5.41) is 0. The molecule has 1 aromatic carbocycles. The Morgan fingerprint density at radius 1 is 1.15 bits per heavy atom. The van der Waals surface area contributed by atoms with Gasteiger partial charge in [0, 0.05) is 25.2 Å². The molecule has 146 valence electrons. The Morgan fingerprint density at radius 2 is 1.77 bits per heavy atom. The summed E-state index contributed by atoms with van der Waals surface area (Å²) < 4.78 is 41.9. The number of nitrogens with two attached hydrogens (primary N) is 1. The highest BCUT2D eigenvalue weighted by molar-refractivity contribution is 7.89. The molecule has 0 atom stereocenters. The second-order valence-electron chi connectivity index (χ2n) is 6.87. The smallest absolute Gasteiger partial charge is 0.256 e. The summed E-state index contributed by atoms with van der Waals surface area (Å²) >= 11 is 0. The molecule has 3 N–H and O–H groups in total. The highest BCUT2D eigenvalue weighted by Gasteiger charge is 2.27. The lowest BCUT2D eigenvalue weighted by molar-refractivity contribution is 0.0788. The summed E-state index contributed by atoms with van der Waals surface area (Å²) in [5.74, 6) is -1.18. The Morgan fingerprint density at radius 3 is 2.35 bits per heavy atom. The molecule has 0 bridgehead atoms. The number of carbonyl (C=O) groups is 1. The summed E-state index contributed by atoms with van der Waals surface area (Å²) in [4.78, 5) is 13.7. The number of nitrogens with one attached hydrogen (secondary N) is 1. The number of sulfonamides is 1. The van der Waals surface area contributed by atoms with Crippen LogP contribution in [0.25, 0.3) is 0 Å². The van der Waals surface area contributed by atoms with Gasteiger partial charge in [0.1, 0.15) is 5.82 Å². The van der Waals surface area contributed by atoms with E-state index in [1.165, 1.54) is 12.1 Å². The molecule has 0 radical (unpaired) electrons. The first kappa shape index (κ1) is 21.1. The van der Waals surface area contributed by atoms with Crippen molar-refractivity contribution in [3.05, 3.63) is 29.6 Å². The number of carbonyl (C=O) groups excluding carboxylic acids is 1. The quantitative estimate of drug-likeness (QED) is 0.801. The zero-order chi connectivity index (χ0) is 18.0. The lowest BCUT2D eigenvalue weighted by Gasteiger charge is -2.26. The molecule has 0 spiro atoms. The molecular weight excluding hydrogens is 381 g/mol. The lowest BCUT2D eigenvalue weighted by Crippen LogP contribution is -2.40. The summed E-state index contributed by atoms with van der Waals surface area (Å²) in [6.07, 6.45) is 4.71.